The summed E-state index contributed by atoms with van der Waals surface area (Å²) in [5, 5.41) is 3.74. The third-order valence-electron chi connectivity index (χ3n) is 4.81. The molecule has 0 saturated carbocycles. The second kappa shape index (κ2) is 7.71. The Morgan fingerprint density at radius 3 is 2.73 bits per heavy atom. The van der Waals surface area contributed by atoms with Crippen molar-refractivity contribution in [1.82, 2.24) is 15.0 Å². The number of nitrogens with zero attached hydrogens (tertiary/aromatic N) is 3. The van der Waals surface area contributed by atoms with Crippen molar-refractivity contribution in [3.8, 4) is 11.4 Å². The number of carbonyl (C=O) groups is 1. The van der Waals surface area contributed by atoms with Crippen LogP contribution in [0.2, 0.25) is 5.02 Å². The van der Waals surface area contributed by atoms with Crippen LogP contribution in [0.4, 0.5) is 17.6 Å². The molecule has 1 aromatic heterocycles. The summed E-state index contributed by atoms with van der Waals surface area (Å²) in [5.41, 5.74) is 0.0269. The van der Waals surface area contributed by atoms with Crippen LogP contribution >= 0.6 is 11.6 Å². The van der Waals surface area contributed by atoms with Crippen LogP contribution in [0.1, 0.15) is 29.4 Å². The Bertz CT molecular complexity index is 1100. The van der Waals surface area contributed by atoms with Gasteiger partial charge in [0.05, 0.1) is 16.5 Å². The van der Waals surface area contributed by atoms with Gasteiger partial charge in [-0.05, 0) is 29.8 Å². The van der Waals surface area contributed by atoms with E-state index in [1.807, 2.05) is 0 Å². The Kier molecular flexibility index (Phi) is 5.23. The number of halogens is 5. The molecule has 2 heterocycles. The highest BCUT2D eigenvalue weighted by Crippen LogP contribution is 2.33. The summed E-state index contributed by atoms with van der Waals surface area (Å²) in [6.45, 7) is 0.530. The molecule has 1 aliphatic heterocycles. The molecule has 30 heavy (non-hydrogen) atoms. The number of hydrogen-bond acceptors (Lipinski definition) is 4. The number of benzene rings is 2. The van der Waals surface area contributed by atoms with Gasteiger partial charge in [-0.1, -0.05) is 35.0 Å². The van der Waals surface area contributed by atoms with Gasteiger partial charge >= 0.3 is 6.18 Å². The summed E-state index contributed by atoms with van der Waals surface area (Å²) in [7, 11) is 0. The maximum absolute atomic E-state index is 13.3. The highest BCUT2D eigenvalue weighted by Gasteiger charge is 2.35. The molecule has 10 heteroatoms. The highest BCUT2D eigenvalue weighted by molar-refractivity contribution is 6.30. The smallest absolute Gasteiger partial charge is 0.339 e. The maximum atomic E-state index is 13.3. The van der Waals surface area contributed by atoms with E-state index in [1.54, 1.807) is 11.0 Å². The van der Waals surface area contributed by atoms with Gasteiger partial charge in [0.1, 0.15) is 5.82 Å². The van der Waals surface area contributed by atoms with Crippen LogP contribution < -0.4 is 0 Å². The van der Waals surface area contributed by atoms with Crippen molar-refractivity contribution in [1.29, 1.82) is 0 Å². The van der Waals surface area contributed by atoms with E-state index in [1.165, 1.54) is 24.3 Å². The Labute approximate surface area is 173 Å². The monoisotopic (exact) mass is 439 g/mol. The minimum absolute atomic E-state index is 0.0207. The normalized spacial score (nSPS) is 17.0. The summed E-state index contributed by atoms with van der Waals surface area (Å²) in [5.74, 6) is -0.888. The predicted molar refractivity (Wildman–Crippen MR) is 98.9 cm³/mol. The van der Waals surface area contributed by atoms with Gasteiger partial charge in [-0.2, -0.15) is 18.2 Å². The van der Waals surface area contributed by atoms with E-state index in [0.29, 0.717) is 5.56 Å². The number of rotatable bonds is 4. The Hall–Kier alpha value is -2.94. The molecule has 2 aromatic carbocycles. The lowest BCUT2D eigenvalue weighted by molar-refractivity contribution is -0.137. The minimum atomic E-state index is -4.48. The Morgan fingerprint density at radius 1 is 1.20 bits per heavy atom. The molecule has 0 spiro atoms. The number of likely N-dealkylation sites (tertiary alicyclic amines) is 1. The van der Waals surface area contributed by atoms with Crippen molar-refractivity contribution in [2.45, 2.75) is 25.1 Å². The number of aromatic nitrogens is 2. The van der Waals surface area contributed by atoms with E-state index in [9.17, 15) is 22.4 Å². The second-order valence-corrected chi connectivity index (χ2v) is 7.37. The first-order chi connectivity index (χ1) is 14.2. The molecular weight excluding hydrogens is 426 g/mol. The number of hydrogen-bond donors (Lipinski definition) is 0. The van der Waals surface area contributed by atoms with E-state index >= 15 is 0 Å². The van der Waals surface area contributed by atoms with Crippen molar-refractivity contribution >= 4 is 17.5 Å². The lowest BCUT2D eigenvalue weighted by Gasteiger charge is -2.16. The van der Waals surface area contributed by atoms with Crippen LogP contribution in [0.5, 0.6) is 0 Å². The molecule has 1 unspecified atom stereocenters. The summed E-state index contributed by atoms with van der Waals surface area (Å²) in [6, 6.07) is 8.85. The van der Waals surface area contributed by atoms with Crippen LogP contribution in [0, 0.1) is 5.82 Å². The standard InChI is InChI=1S/C20H14ClF4N3O2/c21-15-6-11(4-5-16(15)22)9-28-10-13(8-17(28)29)19-26-18(27-30-19)12-2-1-3-14(7-12)20(23,24)25/h1-7,13H,8-10H2. The van der Waals surface area contributed by atoms with Gasteiger partial charge < -0.3 is 9.42 Å². The van der Waals surface area contributed by atoms with Crippen molar-refractivity contribution in [3.63, 3.8) is 0 Å². The molecule has 1 saturated heterocycles. The van der Waals surface area contributed by atoms with Gasteiger partial charge in [0.2, 0.25) is 17.6 Å². The van der Waals surface area contributed by atoms with E-state index in [-0.39, 0.29) is 53.6 Å². The zero-order valence-corrected chi connectivity index (χ0v) is 16.0. The van der Waals surface area contributed by atoms with Gasteiger partial charge in [0.15, 0.2) is 0 Å². The van der Waals surface area contributed by atoms with Crippen molar-refractivity contribution < 1.29 is 26.9 Å². The Balaban J connectivity index is 1.49. The summed E-state index contributed by atoms with van der Waals surface area (Å²) < 4.78 is 57.3. The molecule has 156 valence electrons. The molecule has 1 fully saturated rings. The van der Waals surface area contributed by atoms with Crippen molar-refractivity contribution in [2.24, 2.45) is 0 Å². The molecule has 5 nitrogen and oxygen atoms in total. The average molecular weight is 440 g/mol. The number of alkyl halides is 3. The first kappa shape index (κ1) is 20.3. The first-order valence-electron chi connectivity index (χ1n) is 8.93. The van der Waals surface area contributed by atoms with Crippen LogP contribution in [-0.2, 0) is 17.5 Å². The van der Waals surface area contributed by atoms with E-state index in [4.69, 9.17) is 16.1 Å². The number of carbonyl (C=O) groups excluding carboxylic acids is 1. The van der Waals surface area contributed by atoms with Gasteiger partial charge in [0.25, 0.3) is 0 Å². The molecule has 1 atom stereocenters. The molecule has 4 rings (SSSR count). The van der Waals surface area contributed by atoms with E-state index < -0.39 is 17.6 Å². The van der Waals surface area contributed by atoms with Crippen molar-refractivity contribution in [2.75, 3.05) is 6.54 Å². The molecule has 0 N–H and O–H groups in total. The summed E-state index contributed by atoms with van der Waals surface area (Å²) in [6.07, 6.45) is -4.36. The summed E-state index contributed by atoms with van der Waals surface area (Å²) in [4.78, 5) is 18.1. The lowest BCUT2D eigenvalue weighted by atomic mass is 10.1. The van der Waals surface area contributed by atoms with Gasteiger partial charge in [-0.25, -0.2) is 4.39 Å². The van der Waals surface area contributed by atoms with Crippen molar-refractivity contribution in [3.05, 3.63) is 70.3 Å². The molecule has 0 radical (unpaired) electrons. The minimum Gasteiger partial charge on any atom is -0.339 e. The fraction of sp³-hybridized carbons (Fsp3) is 0.250. The van der Waals surface area contributed by atoms with Crippen LogP contribution in [0.15, 0.2) is 47.0 Å². The van der Waals surface area contributed by atoms with E-state index in [2.05, 4.69) is 10.1 Å². The molecular formula is C20H14ClF4N3O2. The third kappa shape index (κ3) is 4.16. The highest BCUT2D eigenvalue weighted by atomic mass is 35.5. The topological polar surface area (TPSA) is 59.2 Å². The number of amides is 1. The zero-order valence-electron chi connectivity index (χ0n) is 15.3. The first-order valence-corrected chi connectivity index (χ1v) is 9.31. The molecule has 1 amide bonds. The second-order valence-electron chi connectivity index (χ2n) is 6.96. The fourth-order valence-corrected chi connectivity index (χ4v) is 3.50. The van der Waals surface area contributed by atoms with E-state index in [0.717, 1.165) is 12.1 Å². The Morgan fingerprint density at radius 2 is 2.00 bits per heavy atom. The average Bonchev–Trinajstić information content (AvgIpc) is 3.32. The zero-order chi connectivity index (χ0) is 21.5. The van der Waals surface area contributed by atoms with Gasteiger partial charge in [-0.15, -0.1) is 0 Å². The molecule has 3 aromatic rings. The fourth-order valence-electron chi connectivity index (χ4n) is 3.30. The maximum Gasteiger partial charge on any atom is 0.416 e. The lowest BCUT2D eigenvalue weighted by Crippen LogP contribution is -2.24. The van der Waals surface area contributed by atoms with Crippen LogP contribution in [0.3, 0.4) is 0 Å². The quantitative estimate of drug-likeness (QED) is 0.533. The van der Waals surface area contributed by atoms with Crippen LogP contribution in [-0.4, -0.2) is 27.5 Å². The molecule has 0 bridgehead atoms. The van der Waals surface area contributed by atoms with Crippen LogP contribution in [0.25, 0.3) is 11.4 Å². The summed E-state index contributed by atoms with van der Waals surface area (Å²) >= 11 is 5.78. The SMILES string of the molecule is O=C1CC(c2nc(-c3cccc(C(F)(F)F)c3)no2)CN1Cc1ccc(F)c(Cl)c1. The van der Waals surface area contributed by atoms with Gasteiger partial charge in [-0.3, -0.25) is 4.79 Å². The molecule has 0 aliphatic carbocycles. The largest absolute Gasteiger partial charge is 0.416 e. The van der Waals surface area contributed by atoms with Gasteiger partial charge in [0, 0.05) is 25.1 Å². The molecule has 1 aliphatic rings. The predicted octanol–water partition coefficient (Wildman–Crippen LogP) is 5.06. The third-order valence-corrected chi connectivity index (χ3v) is 5.10.